The van der Waals surface area contributed by atoms with Crippen molar-refractivity contribution in [3.8, 4) is 11.4 Å². The molecule has 2 aromatic rings. The van der Waals surface area contributed by atoms with Crippen LogP contribution in [0.5, 0.6) is 0 Å². The highest BCUT2D eigenvalue weighted by Gasteiger charge is 2.23. The number of hydrogen-bond donors (Lipinski definition) is 1. The van der Waals surface area contributed by atoms with Crippen LogP contribution in [0.3, 0.4) is 0 Å². The summed E-state index contributed by atoms with van der Waals surface area (Å²) in [5.41, 5.74) is 10.9. The lowest BCUT2D eigenvalue weighted by Gasteiger charge is -2.14. The van der Waals surface area contributed by atoms with Crippen molar-refractivity contribution in [2.75, 3.05) is 5.73 Å². The van der Waals surface area contributed by atoms with E-state index < -0.39 is 0 Å². The minimum absolute atomic E-state index is 0.549. The van der Waals surface area contributed by atoms with E-state index in [1.165, 1.54) is 36.8 Å². The molecule has 0 saturated heterocycles. The van der Waals surface area contributed by atoms with Crippen LogP contribution in [-0.4, -0.2) is 9.97 Å². The maximum absolute atomic E-state index is 6.14. The van der Waals surface area contributed by atoms with Gasteiger partial charge in [-0.2, -0.15) is 0 Å². The molecule has 0 spiro atoms. The quantitative estimate of drug-likeness (QED) is 0.759. The van der Waals surface area contributed by atoms with Crippen molar-refractivity contribution in [3.05, 3.63) is 38.6 Å². The zero-order valence-electron chi connectivity index (χ0n) is 12.5. The van der Waals surface area contributed by atoms with Gasteiger partial charge in [-0.25, -0.2) is 9.97 Å². The van der Waals surface area contributed by atoms with E-state index in [1.807, 2.05) is 0 Å². The highest BCUT2D eigenvalue weighted by molar-refractivity contribution is 14.1. The summed E-state index contributed by atoms with van der Waals surface area (Å²) in [5, 5.41) is 0. The van der Waals surface area contributed by atoms with Crippen molar-refractivity contribution in [1.82, 2.24) is 9.97 Å². The molecule has 0 bridgehead atoms. The van der Waals surface area contributed by atoms with Crippen LogP contribution in [0.2, 0.25) is 0 Å². The smallest absolute Gasteiger partial charge is 0.161 e. The Bertz CT molecular complexity index is 676. The third-order valence-electron chi connectivity index (χ3n) is 4.41. The number of aryl methyl sites for hydroxylation is 2. The third-order valence-corrected chi connectivity index (χ3v) is 5.51. The highest BCUT2D eigenvalue weighted by atomic mass is 127. The Labute approximate surface area is 139 Å². The van der Waals surface area contributed by atoms with Gasteiger partial charge in [-0.3, -0.25) is 0 Å². The molecule has 1 heterocycles. The van der Waals surface area contributed by atoms with Gasteiger partial charge in [-0.15, -0.1) is 0 Å². The molecule has 0 amide bonds. The van der Waals surface area contributed by atoms with Crippen molar-refractivity contribution in [2.24, 2.45) is 0 Å². The van der Waals surface area contributed by atoms with E-state index in [2.05, 4.69) is 59.6 Å². The molecule has 0 radical (unpaired) electrons. The third kappa shape index (κ3) is 2.91. The lowest BCUT2D eigenvalue weighted by molar-refractivity contribution is 0.691. The second kappa shape index (κ2) is 5.91. The molecule has 3 rings (SSSR count). The molecule has 4 heteroatoms. The van der Waals surface area contributed by atoms with Gasteiger partial charge in [0, 0.05) is 11.5 Å². The summed E-state index contributed by atoms with van der Waals surface area (Å²) in [5.74, 6) is 1.92. The van der Waals surface area contributed by atoms with Crippen LogP contribution in [0.25, 0.3) is 11.4 Å². The Balaban J connectivity index is 2.08. The fourth-order valence-electron chi connectivity index (χ4n) is 2.96. The van der Waals surface area contributed by atoms with E-state index in [9.17, 15) is 0 Å². The standard InChI is InChI=1S/C17H20IN3/c1-10-7-8-13(9-11(10)2)17-20-15(12-5-3-4-6-12)14(18)16(19)21-17/h7-9,12H,3-6H2,1-2H3,(H2,19,20,21). The van der Waals surface area contributed by atoms with E-state index in [4.69, 9.17) is 10.7 Å². The fourth-order valence-corrected chi connectivity index (χ4v) is 3.64. The number of aromatic nitrogens is 2. The number of nitrogen functional groups attached to an aromatic ring is 1. The number of nitrogens with two attached hydrogens (primary N) is 1. The SMILES string of the molecule is Cc1ccc(-c2nc(N)c(I)c(C3CCCC3)n2)cc1C. The van der Waals surface area contributed by atoms with Crippen LogP contribution in [0.15, 0.2) is 18.2 Å². The van der Waals surface area contributed by atoms with Crippen molar-refractivity contribution < 1.29 is 0 Å². The minimum atomic E-state index is 0.549. The van der Waals surface area contributed by atoms with Crippen LogP contribution in [-0.2, 0) is 0 Å². The highest BCUT2D eigenvalue weighted by Crippen LogP contribution is 2.37. The Kier molecular flexibility index (Phi) is 4.15. The van der Waals surface area contributed by atoms with Crippen LogP contribution in [0.4, 0.5) is 5.82 Å². The van der Waals surface area contributed by atoms with E-state index in [0.29, 0.717) is 11.7 Å². The summed E-state index contributed by atoms with van der Waals surface area (Å²) < 4.78 is 1.03. The predicted molar refractivity (Wildman–Crippen MR) is 95.3 cm³/mol. The number of anilines is 1. The van der Waals surface area contributed by atoms with E-state index in [-0.39, 0.29) is 0 Å². The van der Waals surface area contributed by atoms with Crippen molar-refractivity contribution in [3.63, 3.8) is 0 Å². The Morgan fingerprint density at radius 2 is 1.81 bits per heavy atom. The van der Waals surface area contributed by atoms with Gasteiger partial charge in [0.2, 0.25) is 0 Å². The Hall–Kier alpha value is -1.17. The Morgan fingerprint density at radius 1 is 1.10 bits per heavy atom. The van der Waals surface area contributed by atoms with Gasteiger partial charge in [0.05, 0.1) is 9.26 Å². The number of benzene rings is 1. The lowest BCUT2D eigenvalue weighted by Crippen LogP contribution is -2.08. The topological polar surface area (TPSA) is 51.8 Å². The summed E-state index contributed by atoms with van der Waals surface area (Å²) >= 11 is 2.29. The molecule has 0 unspecified atom stereocenters. The van der Waals surface area contributed by atoms with Crippen molar-refractivity contribution >= 4 is 28.4 Å². The maximum Gasteiger partial charge on any atom is 0.161 e. The molecule has 1 saturated carbocycles. The number of hydrogen-bond acceptors (Lipinski definition) is 3. The molecule has 2 N–H and O–H groups in total. The van der Waals surface area contributed by atoms with E-state index in [1.54, 1.807) is 0 Å². The van der Waals surface area contributed by atoms with E-state index in [0.717, 1.165) is 20.7 Å². The lowest BCUT2D eigenvalue weighted by atomic mass is 10.0. The van der Waals surface area contributed by atoms with Gasteiger partial charge in [-0.1, -0.05) is 25.0 Å². The fraction of sp³-hybridized carbons (Fsp3) is 0.412. The second-order valence-corrected chi connectivity index (χ2v) is 6.99. The summed E-state index contributed by atoms with van der Waals surface area (Å²) in [6.45, 7) is 4.24. The van der Waals surface area contributed by atoms with Gasteiger partial charge in [0.15, 0.2) is 5.82 Å². The van der Waals surface area contributed by atoms with Gasteiger partial charge in [-0.05, 0) is 66.5 Å². The molecule has 1 fully saturated rings. The zero-order chi connectivity index (χ0) is 15.0. The normalized spacial score (nSPS) is 15.6. The molecular formula is C17H20IN3. The van der Waals surface area contributed by atoms with Crippen molar-refractivity contribution in [2.45, 2.75) is 45.4 Å². The first-order valence-corrected chi connectivity index (χ1v) is 8.54. The van der Waals surface area contributed by atoms with Crippen LogP contribution in [0, 0.1) is 17.4 Å². The summed E-state index contributed by atoms with van der Waals surface area (Å²) in [6.07, 6.45) is 5.03. The van der Waals surface area contributed by atoms with Gasteiger partial charge < -0.3 is 5.73 Å². The molecule has 1 aliphatic carbocycles. The summed E-state index contributed by atoms with van der Waals surface area (Å²) in [6, 6.07) is 6.36. The van der Waals surface area contributed by atoms with E-state index >= 15 is 0 Å². The predicted octanol–water partition coefficient (Wildman–Crippen LogP) is 4.60. The maximum atomic E-state index is 6.14. The first-order valence-electron chi connectivity index (χ1n) is 7.47. The molecule has 1 aromatic heterocycles. The molecule has 21 heavy (non-hydrogen) atoms. The molecular weight excluding hydrogens is 373 g/mol. The first kappa shape index (κ1) is 14.8. The number of nitrogens with zero attached hydrogens (tertiary/aromatic N) is 2. The van der Waals surface area contributed by atoms with Gasteiger partial charge in [0.25, 0.3) is 0 Å². The largest absolute Gasteiger partial charge is 0.383 e. The van der Waals surface area contributed by atoms with Crippen LogP contribution in [0.1, 0.15) is 48.4 Å². The molecule has 1 aliphatic rings. The molecule has 0 atom stereocenters. The number of rotatable bonds is 2. The second-order valence-electron chi connectivity index (χ2n) is 5.91. The monoisotopic (exact) mass is 393 g/mol. The average molecular weight is 393 g/mol. The number of halogens is 1. The molecule has 3 nitrogen and oxygen atoms in total. The summed E-state index contributed by atoms with van der Waals surface area (Å²) in [4.78, 5) is 9.36. The molecule has 1 aromatic carbocycles. The average Bonchev–Trinajstić information content (AvgIpc) is 2.98. The molecule has 0 aliphatic heterocycles. The first-order chi connectivity index (χ1) is 10.1. The molecule has 110 valence electrons. The minimum Gasteiger partial charge on any atom is -0.383 e. The van der Waals surface area contributed by atoms with Crippen LogP contribution < -0.4 is 5.73 Å². The van der Waals surface area contributed by atoms with Crippen LogP contribution >= 0.6 is 22.6 Å². The Morgan fingerprint density at radius 3 is 2.48 bits per heavy atom. The zero-order valence-corrected chi connectivity index (χ0v) is 14.6. The summed E-state index contributed by atoms with van der Waals surface area (Å²) in [7, 11) is 0. The van der Waals surface area contributed by atoms with Gasteiger partial charge >= 0.3 is 0 Å². The van der Waals surface area contributed by atoms with Gasteiger partial charge in [0.1, 0.15) is 5.82 Å². The van der Waals surface area contributed by atoms with Crippen molar-refractivity contribution in [1.29, 1.82) is 0 Å².